The maximum Gasteiger partial charge on any atom is 0.0740 e. The Labute approximate surface area is 76.6 Å². The SMILES string of the molecule is c1ccc2c(C3CC3)nncc2c1. The molecule has 2 nitrogen and oxygen atoms in total. The molecule has 1 heterocycles. The van der Waals surface area contributed by atoms with Gasteiger partial charge < -0.3 is 0 Å². The Kier molecular flexibility index (Phi) is 1.36. The minimum Gasteiger partial charge on any atom is -0.158 e. The molecule has 0 atom stereocenters. The van der Waals surface area contributed by atoms with Crippen molar-refractivity contribution in [2.24, 2.45) is 0 Å². The third-order valence-corrected chi connectivity index (χ3v) is 2.56. The predicted molar refractivity (Wildman–Crippen MR) is 51.5 cm³/mol. The molecule has 2 heteroatoms. The molecule has 0 amide bonds. The monoisotopic (exact) mass is 170 g/mol. The highest BCUT2D eigenvalue weighted by Gasteiger charge is 2.26. The Balaban J connectivity index is 2.32. The fourth-order valence-corrected chi connectivity index (χ4v) is 1.71. The maximum atomic E-state index is 4.22. The van der Waals surface area contributed by atoms with Crippen LogP contribution in [-0.4, -0.2) is 10.2 Å². The molecule has 2 aromatic rings. The second-order valence-corrected chi connectivity index (χ2v) is 3.59. The molecule has 0 aliphatic heterocycles. The molecule has 1 aliphatic carbocycles. The molecule has 3 rings (SSSR count). The zero-order valence-corrected chi connectivity index (χ0v) is 7.27. The Morgan fingerprint density at radius 2 is 2.00 bits per heavy atom. The third-order valence-electron chi connectivity index (χ3n) is 2.56. The van der Waals surface area contributed by atoms with Crippen molar-refractivity contribution in [1.29, 1.82) is 0 Å². The van der Waals surface area contributed by atoms with E-state index in [0.717, 1.165) is 0 Å². The first-order chi connectivity index (χ1) is 6.45. The van der Waals surface area contributed by atoms with Crippen molar-refractivity contribution >= 4 is 10.8 Å². The zero-order valence-electron chi connectivity index (χ0n) is 7.27. The average Bonchev–Trinajstić information content (AvgIpc) is 3.00. The molecule has 13 heavy (non-hydrogen) atoms. The molecule has 1 aliphatic rings. The van der Waals surface area contributed by atoms with E-state index in [4.69, 9.17) is 0 Å². The Morgan fingerprint density at radius 1 is 1.15 bits per heavy atom. The van der Waals surface area contributed by atoms with Gasteiger partial charge in [0.15, 0.2) is 0 Å². The number of aromatic nitrogens is 2. The van der Waals surface area contributed by atoms with Gasteiger partial charge in [0, 0.05) is 16.7 Å². The van der Waals surface area contributed by atoms with Gasteiger partial charge in [-0.2, -0.15) is 10.2 Å². The van der Waals surface area contributed by atoms with Crippen LogP contribution in [0.5, 0.6) is 0 Å². The van der Waals surface area contributed by atoms with E-state index in [1.807, 2.05) is 12.3 Å². The van der Waals surface area contributed by atoms with Crippen LogP contribution in [-0.2, 0) is 0 Å². The summed E-state index contributed by atoms with van der Waals surface area (Å²) in [4.78, 5) is 0. The van der Waals surface area contributed by atoms with Gasteiger partial charge in [0.1, 0.15) is 0 Å². The van der Waals surface area contributed by atoms with Crippen molar-refractivity contribution < 1.29 is 0 Å². The van der Waals surface area contributed by atoms with Crippen LogP contribution in [0, 0.1) is 0 Å². The minimum absolute atomic E-state index is 0.679. The molecular formula is C11H10N2. The van der Waals surface area contributed by atoms with Crippen molar-refractivity contribution in [2.45, 2.75) is 18.8 Å². The molecule has 0 bridgehead atoms. The number of hydrogen-bond acceptors (Lipinski definition) is 2. The summed E-state index contributed by atoms with van der Waals surface area (Å²) in [5.74, 6) is 0.679. The van der Waals surface area contributed by atoms with Crippen LogP contribution in [0.1, 0.15) is 24.5 Å². The minimum atomic E-state index is 0.679. The Bertz CT molecular complexity index is 441. The van der Waals surface area contributed by atoms with Crippen LogP contribution < -0.4 is 0 Å². The van der Waals surface area contributed by atoms with Crippen LogP contribution >= 0.6 is 0 Å². The summed E-state index contributed by atoms with van der Waals surface area (Å²) in [5.41, 5.74) is 1.19. The summed E-state index contributed by atoms with van der Waals surface area (Å²) >= 11 is 0. The number of nitrogens with zero attached hydrogens (tertiary/aromatic N) is 2. The van der Waals surface area contributed by atoms with E-state index in [2.05, 4.69) is 28.4 Å². The van der Waals surface area contributed by atoms with Crippen LogP contribution in [0.15, 0.2) is 30.5 Å². The first-order valence-corrected chi connectivity index (χ1v) is 4.65. The number of hydrogen-bond donors (Lipinski definition) is 0. The summed E-state index contributed by atoms with van der Waals surface area (Å²) < 4.78 is 0. The topological polar surface area (TPSA) is 25.8 Å². The molecular weight excluding hydrogens is 160 g/mol. The Hall–Kier alpha value is -1.44. The Morgan fingerprint density at radius 3 is 2.85 bits per heavy atom. The largest absolute Gasteiger partial charge is 0.158 e. The molecule has 0 unspecified atom stereocenters. The molecule has 1 fully saturated rings. The smallest absolute Gasteiger partial charge is 0.0740 e. The highest BCUT2D eigenvalue weighted by Crippen LogP contribution is 2.41. The second-order valence-electron chi connectivity index (χ2n) is 3.59. The van der Waals surface area contributed by atoms with E-state index in [9.17, 15) is 0 Å². The van der Waals surface area contributed by atoms with Gasteiger partial charge in [-0.15, -0.1) is 0 Å². The normalized spacial score (nSPS) is 16.3. The predicted octanol–water partition coefficient (Wildman–Crippen LogP) is 2.51. The van der Waals surface area contributed by atoms with Gasteiger partial charge in [-0.1, -0.05) is 24.3 Å². The van der Waals surface area contributed by atoms with Crippen LogP contribution in [0.2, 0.25) is 0 Å². The van der Waals surface area contributed by atoms with Crippen molar-refractivity contribution in [3.8, 4) is 0 Å². The van der Waals surface area contributed by atoms with E-state index in [0.29, 0.717) is 5.92 Å². The van der Waals surface area contributed by atoms with Crippen molar-refractivity contribution in [1.82, 2.24) is 10.2 Å². The highest BCUT2D eigenvalue weighted by atomic mass is 15.1. The first kappa shape index (κ1) is 7.01. The third kappa shape index (κ3) is 1.10. The van der Waals surface area contributed by atoms with E-state index in [-0.39, 0.29) is 0 Å². The summed E-state index contributed by atoms with van der Waals surface area (Å²) in [6.45, 7) is 0. The fraction of sp³-hybridized carbons (Fsp3) is 0.273. The van der Waals surface area contributed by atoms with Gasteiger partial charge in [0.05, 0.1) is 11.9 Å². The van der Waals surface area contributed by atoms with Gasteiger partial charge in [0.2, 0.25) is 0 Å². The van der Waals surface area contributed by atoms with E-state index in [1.54, 1.807) is 0 Å². The molecule has 64 valence electrons. The van der Waals surface area contributed by atoms with Crippen molar-refractivity contribution in [2.75, 3.05) is 0 Å². The fourth-order valence-electron chi connectivity index (χ4n) is 1.71. The average molecular weight is 170 g/mol. The quantitative estimate of drug-likeness (QED) is 0.657. The molecule has 0 spiro atoms. The van der Waals surface area contributed by atoms with Gasteiger partial charge >= 0.3 is 0 Å². The van der Waals surface area contributed by atoms with E-state index >= 15 is 0 Å². The van der Waals surface area contributed by atoms with E-state index in [1.165, 1.54) is 29.3 Å². The van der Waals surface area contributed by atoms with E-state index < -0.39 is 0 Å². The maximum absolute atomic E-state index is 4.22. The first-order valence-electron chi connectivity index (χ1n) is 4.65. The highest BCUT2D eigenvalue weighted by molar-refractivity contribution is 5.84. The molecule has 1 aromatic carbocycles. The van der Waals surface area contributed by atoms with Crippen molar-refractivity contribution in [3.63, 3.8) is 0 Å². The van der Waals surface area contributed by atoms with Crippen LogP contribution in [0.3, 0.4) is 0 Å². The number of fused-ring (bicyclic) bond motifs is 1. The summed E-state index contributed by atoms with van der Waals surface area (Å²) in [7, 11) is 0. The number of rotatable bonds is 1. The van der Waals surface area contributed by atoms with Gasteiger partial charge in [-0.3, -0.25) is 0 Å². The summed E-state index contributed by atoms with van der Waals surface area (Å²) in [5, 5.41) is 10.7. The lowest BCUT2D eigenvalue weighted by Gasteiger charge is -2.01. The van der Waals surface area contributed by atoms with Crippen LogP contribution in [0.4, 0.5) is 0 Å². The molecule has 1 saturated carbocycles. The van der Waals surface area contributed by atoms with Gasteiger partial charge in [0.25, 0.3) is 0 Å². The second kappa shape index (κ2) is 2.52. The standard InChI is InChI=1S/C11H10N2/c1-2-4-10-9(3-1)7-12-13-11(10)8-5-6-8/h1-4,7-8H,5-6H2. The molecule has 0 N–H and O–H groups in total. The number of benzene rings is 1. The van der Waals surface area contributed by atoms with Gasteiger partial charge in [-0.05, 0) is 12.8 Å². The molecule has 0 radical (unpaired) electrons. The molecule has 0 saturated heterocycles. The van der Waals surface area contributed by atoms with Crippen LogP contribution in [0.25, 0.3) is 10.8 Å². The van der Waals surface area contributed by atoms with Crippen molar-refractivity contribution in [3.05, 3.63) is 36.2 Å². The lowest BCUT2D eigenvalue weighted by atomic mass is 10.1. The zero-order chi connectivity index (χ0) is 8.67. The summed E-state index contributed by atoms with van der Waals surface area (Å²) in [6, 6.07) is 8.34. The molecule has 1 aromatic heterocycles. The lowest BCUT2D eigenvalue weighted by molar-refractivity contribution is 0.931. The lowest BCUT2D eigenvalue weighted by Crippen LogP contribution is -1.91. The van der Waals surface area contributed by atoms with Gasteiger partial charge in [-0.25, -0.2) is 0 Å². The summed E-state index contributed by atoms with van der Waals surface area (Å²) in [6.07, 6.45) is 4.40.